The van der Waals surface area contributed by atoms with E-state index in [1.54, 1.807) is 6.20 Å². The fraction of sp³-hybridized carbons (Fsp3) is 0.615. The monoisotopic (exact) mass is 220 g/mol. The van der Waals surface area contributed by atoms with Crippen LogP contribution in [0.1, 0.15) is 50.6 Å². The smallest absolute Gasteiger partial charge is 0.213 e. The Morgan fingerprint density at radius 1 is 1.38 bits per heavy atom. The van der Waals surface area contributed by atoms with Crippen molar-refractivity contribution in [3.63, 3.8) is 0 Å². The average molecular weight is 220 g/mol. The maximum Gasteiger partial charge on any atom is 0.213 e. The van der Waals surface area contributed by atoms with E-state index in [2.05, 4.69) is 4.98 Å². The quantitative estimate of drug-likeness (QED) is 0.852. The summed E-state index contributed by atoms with van der Waals surface area (Å²) in [5, 5.41) is 0. The Bertz CT molecular complexity index is 332. The molecule has 0 aliphatic heterocycles. The summed E-state index contributed by atoms with van der Waals surface area (Å²) in [4.78, 5) is 4.24. The maximum atomic E-state index is 5.88. The van der Waals surface area contributed by atoms with Gasteiger partial charge in [0, 0.05) is 18.3 Å². The molecule has 0 aromatic carbocycles. The first-order valence-corrected chi connectivity index (χ1v) is 6.14. The summed E-state index contributed by atoms with van der Waals surface area (Å²) in [6.07, 6.45) is 8.33. The summed E-state index contributed by atoms with van der Waals surface area (Å²) >= 11 is 0. The molecule has 1 aliphatic carbocycles. The van der Waals surface area contributed by atoms with Crippen molar-refractivity contribution in [2.45, 2.75) is 51.2 Å². The second-order valence-corrected chi connectivity index (χ2v) is 4.59. The third-order valence-electron chi connectivity index (χ3n) is 3.12. The zero-order valence-corrected chi connectivity index (χ0v) is 9.86. The lowest BCUT2D eigenvalue weighted by molar-refractivity contribution is 0.148. The van der Waals surface area contributed by atoms with Crippen LogP contribution in [0.15, 0.2) is 18.3 Å². The van der Waals surface area contributed by atoms with E-state index < -0.39 is 0 Å². The average Bonchev–Trinajstić information content (AvgIpc) is 2.30. The minimum Gasteiger partial charge on any atom is -0.474 e. The van der Waals surface area contributed by atoms with Gasteiger partial charge in [0.05, 0.1) is 0 Å². The van der Waals surface area contributed by atoms with Crippen molar-refractivity contribution in [3.05, 3.63) is 23.9 Å². The molecule has 0 bridgehead atoms. The Labute approximate surface area is 97.0 Å². The van der Waals surface area contributed by atoms with Crippen molar-refractivity contribution in [3.8, 4) is 5.88 Å². The molecule has 1 fully saturated rings. The van der Waals surface area contributed by atoms with Crippen LogP contribution in [0.25, 0.3) is 0 Å². The van der Waals surface area contributed by atoms with Crippen molar-refractivity contribution in [2.24, 2.45) is 5.73 Å². The molecule has 0 amide bonds. The molecule has 88 valence electrons. The second kappa shape index (κ2) is 5.30. The van der Waals surface area contributed by atoms with Crippen molar-refractivity contribution < 1.29 is 4.74 Å². The summed E-state index contributed by atoms with van der Waals surface area (Å²) in [7, 11) is 0. The first-order valence-electron chi connectivity index (χ1n) is 6.14. The highest BCUT2D eigenvalue weighted by Gasteiger charge is 2.15. The Morgan fingerprint density at radius 3 is 2.81 bits per heavy atom. The van der Waals surface area contributed by atoms with E-state index >= 15 is 0 Å². The number of rotatable bonds is 3. The van der Waals surface area contributed by atoms with Crippen LogP contribution >= 0.6 is 0 Å². The Morgan fingerprint density at radius 2 is 2.12 bits per heavy atom. The lowest BCUT2D eigenvalue weighted by Crippen LogP contribution is -2.20. The van der Waals surface area contributed by atoms with E-state index in [0.29, 0.717) is 6.10 Å². The van der Waals surface area contributed by atoms with E-state index in [1.165, 1.54) is 19.3 Å². The van der Waals surface area contributed by atoms with Crippen LogP contribution in [0.5, 0.6) is 5.88 Å². The molecule has 0 radical (unpaired) electrons. The molecule has 0 spiro atoms. The van der Waals surface area contributed by atoms with Gasteiger partial charge in [-0.2, -0.15) is 0 Å². The summed E-state index contributed by atoms with van der Waals surface area (Å²) in [6.45, 7) is 1.97. The van der Waals surface area contributed by atoms with Crippen LogP contribution in [0.4, 0.5) is 0 Å². The minimum absolute atomic E-state index is 0.0386. The number of pyridine rings is 1. The molecule has 1 atom stereocenters. The molecule has 3 nitrogen and oxygen atoms in total. The Hall–Kier alpha value is -1.09. The van der Waals surface area contributed by atoms with E-state index in [1.807, 2.05) is 19.1 Å². The van der Waals surface area contributed by atoms with E-state index in [9.17, 15) is 0 Å². The fourth-order valence-corrected chi connectivity index (χ4v) is 2.13. The molecular formula is C13H20N2O. The summed E-state index contributed by atoms with van der Waals surface area (Å²) < 4.78 is 5.88. The van der Waals surface area contributed by atoms with Crippen LogP contribution in [-0.4, -0.2) is 11.1 Å². The SMILES string of the molecule is CC(N)c1ccnc(OC2CCCCC2)c1. The van der Waals surface area contributed by atoms with Gasteiger partial charge in [0.25, 0.3) is 0 Å². The molecule has 0 saturated heterocycles. The molecule has 1 aromatic rings. The zero-order valence-electron chi connectivity index (χ0n) is 9.86. The first kappa shape index (κ1) is 11.4. The van der Waals surface area contributed by atoms with Gasteiger partial charge in [0.15, 0.2) is 0 Å². The number of hydrogen-bond acceptors (Lipinski definition) is 3. The number of nitrogens with two attached hydrogens (primary N) is 1. The predicted octanol–water partition coefficient (Wildman–Crippen LogP) is 2.81. The van der Waals surface area contributed by atoms with Gasteiger partial charge in [-0.3, -0.25) is 0 Å². The van der Waals surface area contributed by atoms with Gasteiger partial charge >= 0.3 is 0 Å². The van der Waals surface area contributed by atoms with Crippen molar-refractivity contribution in [1.82, 2.24) is 4.98 Å². The van der Waals surface area contributed by atoms with Crippen LogP contribution < -0.4 is 10.5 Å². The van der Waals surface area contributed by atoms with Crippen molar-refractivity contribution >= 4 is 0 Å². The number of hydrogen-bond donors (Lipinski definition) is 1. The fourth-order valence-electron chi connectivity index (χ4n) is 2.13. The molecular weight excluding hydrogens is 200 g/mol. The van der Waals surface area contributed by atoms with Gasteiger partial charge in [-0.15, -0.1) is 0 Å². The summed E-state index contributed by atoms with van der Waals surface area (Å²) in [5.41, 5.74) is 6.92. The molecule has 1 aromatic heterocycles. The molecule has 2 rings (SSSR count). The topological polar surface area (TPSA) is 48.1 Å². The highest BCUT2D eigenvalue weighted by atomic mass is 16.5. The first-order chi connectivity index (χ1) is 7.75. The van der Waals surface area contributed by atoms with Gasteiger partial charge in [-0.1, -0.05) is 6.42 Å². The van der Waals surface area contributed by atoms with Gasteiger partial charge < -0.3 is 10.5 Å². The van der Waals surface area contributed by atoms with Crippen molar-refractivity contribution in [1.29, 1.82) is 0 Å². The van der Waals surface area contributed by atoms with E-state index in [-0.39, 0.29) is 6.04 Å². The molecule has 1 heterocycles. The van der Waals surface area contributed by atoms with Crippen molar-refractivity contribution in [2.75, 3.05) is 0 Å². The molecule has 16 heavy (non-hydrogen) atoms. The Balaban J connectivity index is 2.00. The molecule has 1 unspecified atom stereocenters. The maximum absolute atomic E-state index is 5.88. The number of nitrogens with zero attached hydrogens (tertiary/aromatic N) is 1. The standard InChI is InChI=1S/C13H20N2O/c1-10(14)11-7-8-15-13(9-11)16-12-5-3-2-4-6-12/h7-10,12H,2-6,14H2,1H3. The molecule has 1 aliphatic rings. The zero-order chi connectivity index (χ0) is 11.4. The third kappa shape index (κ3) is 2.95. The van der Waals surface area contributed by atoms with Gasteiger partial charge in [-0.25, -0.2) is 4.98 Å². The molecule has 1 saturated carbocycles. The van der Waals surface area contributed by atoms with Crippen LogP contribution in [0, 0.1) is 0 Å². The van der Waals surface area contributed by atoms with Crippen LogP contribution in [0.2, 0.25) is 0 Å². The largest absolute Gasteiger partial charge is 0.474 e. The highest BCUT2D eigenvalue weighted by molar-refractivity contribution is 5.23. The third-order valence-corrected chi connectivity index (χ3v) is 3.12. The normalized spacial score (nSPS) is 19.4. The van der Waals surface area contributed by atoms with Crippen LogP contribution in [0.3, 0.4) is 0 Å². The predicted molar refractivity (Wildman–Crippen MR) is 64.3 cm³/mol. The van der Waals surface area contributed by atoms with Crippen LogP contribution in [-0.2, 0) is 0 Å². The van der Waals surface area contributed by atoms with Gasteiger partial charge in [0.2, 0.25) is 5.88 Å². The summed E-state index contributed by atoms with van der Waals surface area (Å²) in [5.74, 6) is 0.724. The number of aromatic nitrogens is 1. The molecule has 2 N–H and O–H groups in total. The highest BCUT2D eigenvalue weighted by Crippen LogP contribution is 2.23. The second-order valence-electron chi connectivity index (χ2n) is 4.59. The lowest BCUT2D eigenvalue weighted by atomic mass is 9.98. The minimum atomic E-state index is 0.0386. The lowest BCUT2D eigenvalue weighted by Gasteiger charge is -2.22. The van der Waals surface area contributed by atoms with Gasteiger partial charge in [0.1, 0.15) is 6.10 Å². The van der Waals surface area contributed by atoms with E-state index in [0.717, 1.165) is 24.3 Å². The number of ether oxygens (including phenoxy) is 1. The van der Waals surface area contributed by atoms with E-state index in [4.69, 9.17) is 10.5 Å². The van der Waals surface area contributed by atoms with Gasteiger partial charge in [-0.05, 0) is 44.2 Å². The Kier molecular flexibility index (Phi) is 3.78. The summed E-state index contributed by atoms with van der Waals surface area (Å²) in [6, 6.07) is 3.94. The molecule has 3 heteroatoms.